The summed E-state index contributed by atoms with van der Waals surface area (Å²) in [5.74, 6) is 2.42. The van der Waals surface area contributed by atoms with E-state index in [9.17, 15) is 0 Å². The van der Waals surface area contributed by atoms with Crippen LogP contribution in [0.3, 0.4) is 0 Å². The predicted octanol–water partition coefficient (Wildman–Crippen LogP) is 8.70. The standard InChI is InChI=1S/C31H45N3/c1-8-12-25(16-15-22(4)9-2)27-17-18-31-33-29(28(32-7)19-24(6)23(5)10-3)20-30(34(31)21-27)26-13-11-14-26/h17-22,25H,5,8-16H2,1-4,6-7H3/b24-19+,32-28?. The highest BCUT2D eigenvalue weighted by molar-refractivity contribution is 6.12. The molecule has 3 rings (SSSR count). The van der Waals surface area contributed by atoms with Gasteiger partial charge in [-0.2, -0.15) is 0 Å². The van der Waals surface area contributed by atoms with E-state index >= 15 is 0 Å². The molecule has 0 bridgehead atoms. The summed E-state index contributed by atoms with van der Waals surface area (Å²) in [6.07, 6.45) is 22.2. The number of rotatable bonds is 11. The minimum atomic E-state index is 0.619. The Labute approximate surface area is 208 Å². The SMILES string of the molecule is C=C(CC)/C(C)=C/C(=NC)C1=CC(=C2CCC2)N2C=C(C(CCC)CCC(C)CC)C=CC2=N1. The first-order valence-corrected chi connectivity index (χ1v) is 13.5. The normalized spacial score (nSPS) is 20.3. The average molecular weight is 460 g/mol. The van der Waals surface area contributed by atoms with Crippen LogP contribution in [0.5, 0.6) is 0 Å². The molecule has 2 atom stereocenters. The molecule has 3 heteroatoms. The zero-order valence-corrected chi connectivity index (χ0v) is 22.5. The Hall–Kier alpha value is -2.42. The Morgan fingerprint density at radius 2 is 1.94 bits per heavy atom. The lowest BCUT2D eigenvalue weighted by Crippen LogP contribution is -2.32. The van der Waals surface area contributed by atoms with Gasteiger partial charge in [-0.05, 0) is 92.2 Å². The van der Waals surface area contributed by atoms with Gasteiger partial charge < -0.3 is 4.90 Å². The maximum atomic E-state index is 5.06. The fourth-order valence-corrected chi connectivity index (χ4v) is 4.76. The highest BCUT2D eigenvalue weighted by Crippen LogP contribution is 2.37. The van der Waals surface area contributed by atoms with Crippen molar-refractivity contribution < 1.29 is 0 Å². The quantitative estimate of drug-likeness (QED) is 0.224. The summed E-state index contributed by atoms with van der Waals surface area (Å²) in [5.41, 5.74) is 8.51. The van der Waals surface area contributed by atoms with Gasteiger partial charge in [0, 0.05) is 18.9 Å². The fourth-order valence-electron chi connectivity index (χ4n) is 4.76. The number of allylic oxidation sites excluding steroid dienone is 7. The van der Waals surface area contributed by atoms with E-state index in [0.717, 1.165) is 35.2 Å². The minimum absolute atomic E-state index is 0.619. The van der Waals surface area contributed by atoms with Gasteiger partial charge in [-0.15, -0.1) is 0 Å². The predicted molar refractivity (Wildman–Crippen MR) is 149 cm³/mol. The van der Waals surface area contributed by atoms with E-state index < -0.39 is 0 Å². The van der Waals surface area contributed by atoms with E-state index in [1.54, 1.807) is 0 Å². The molecule has 0 aromatic heterocycles. The molecule has 0 spiro atoms. The number of fused-ring (bicyclic) bond motifs is 1. The van der Waals surface area contributed by atoms with Gasteiger partial charge in [0.2, 0.25) is 0 Å². The summed E-state index contributed by atoms with van der Waals surface area (Å²) in [6, 6.07) is 0. The highest BCUT2D eigenvalue weighted by Gasteiger charge is 2.28. The molecule has 3 aliphatic rings. The first-order valence-electron chi connectivity index (χ1n) is 13.5. The topological polar surface area (TPSA) is 28.0 Å². The second-order valence-corrected chi connectivity index (χ2v) is 10.1. The Balaban J connectivity index is 1.94. The summed E-state index contributed by atoms with van der Waals surface area (Å²) in [7, 11) is 1.86. The molecule has 0 amide bonds. The molecule has 0 N–H and O–H groups in total. The molecule has 0 aromatic carbocycles. The van der Waals surface area contributed by atoms with Crippen molar-refractivity contribution in [1.29, 1.82) is 0 Å². The molecular formula is C31H45N3. The monoisotopic (exact) mass is 459 g/mol. The van der Waals surface area contributed by atoms with Gasteiger partial charge >= 0.3 is 0 Å². The summed E-state index contributed by atoms with van der Waals surface area (Å²) in [4.78, 5) is 12.0. The summed E-state index contributed by atoms with van der Waals surface area (Å²) >= 11 is 0. The molecule has 1 saturated carbocycles. The lowest BCUT2D eigenvalue weighted by Gasteiger charge is -2.35. The molecule has 1 aliphatic carbocycles. The number of hydrogen-bond acceptors (Lipinski definition) is 3. The highest BCUT2D eigenvalue weighted by atomic mass is 15.2. The van der Waals surface area contributed by atoms with Gasteiger partial charge in [-0.3, -0.25) is 4.99 Å². The van der Waals surface area contributed by atoms with Crippen LogP contribution in [0.1, 0.15) is 92.4 Å². The van der Waals surface area contributed by atoms with E-state index in [2.05, 4.69) is 81.6 Å². The molecule has 0 aromatic rings. The van der Waals surface area contributed by atoms with E-state index in [-0.39, 0.29) is 0 Å². The van der Waals surface area contributed by atoms with Gasteiger partial charge in [0.1, 0.15) is 5.84 Å². The van der Waals surface area contributed by atoms with Gasteiger partial charge in [-0.25, -0.2) is 4.99 Å². The Kier molecular flexibility index (Phi) is 9.50. The van der Waals surface area contributed by atoms with Gasteiger partial charge in [-0.1, -0.05) is 65.2 Å². The van der Waals surface area contributed by atoms with Crippen LogP contribution in [0.2, 0.25) is 0 Å². The van der Waals surface area contributed by atoms with E-state index in [1.807, 2.05) is 7.05 Å². The van der Waals surface area contributed by atoms with Crippen molar-refractivity contribution in [2.45, 2.75) is 92.4 Å². The zero-order chi connectivity index (χ0) is 24.7. The number of hydrogen-bond donors (Lipinski definition) is 0. The fraction of sp³-hybridized carbons (Fsp3) is 0.548. The van der Waals surface area contributed by atoms with Crippen LogP contribution >= 0.6 is 0 Å². The molecule has 34 heavy (non-hydrogen) atoms. The van der Waals surface area contributed by atoms with E-state index in [1.165, 1.54) is 73.8 Å². The number of aliphatic imine (C=N–C) groups is 2. The third-order valence-electron chi connectivity index (χ3n) is 7.69. The zero-order valence-electron chi connectivity index (χ0n) is 22.5. The molecule has 0 radical (unpaired) electrons. The maximum absolute atomic E-state index is 5.06. The van der Waals surface area contributed by atoms with Crippen molar-refractivity contribution in [2.75, 3.05) is 7.05 Å². The summed E-state index contributed by atoms with van der Waals surface area (Å²) in [6.45, 7) is 15.5. The molecule has 0 saturated heterocycles. The lowest BCUT2D eigenvalue weighted by molar-refractivity contribution is 0.417. The first-order chi connectivity index (χ1) is 16.4. The van der Waals surface area contributed by atoms with Crippen molar-refractivity contribution in [3.8, 4) is 0 Å². The van der Waals surface area contributed by atoms with Crippen LogP contribution in [0.15, 0.2) is 80.8 Å². The largest absolute Gasteiger partial charge is 0.302 e. The van der Waals surface area contributed by atoms with Gasteiger partial charge in [0.25, 0.3) is 0 Å². The van der Waals surface area contributed by atoms with Gasteiger partial charge in [0.15, 0.2) is 0 Å². The number of nitrogens with zero attached hydrogens (tertiary/aromatic N) is 3. The van der Waals surface area contributed by atoms with Crippen molar-refractivity contribution in [3.05, 3.63) is 70.8 Å². The van der Waals surface area contributed by atoms with E-state index in [0.29, 0.717) is 5.92 Å². The molecule has 184 valence electrons. The Bertz CT molecular complexity index is 974. The smallest absolute Gasteiger partial charge is 0.137 e. The number of amidine groups is 1. The maximum Gasteiger partial charge on any atom is 0.137 e. The summed E-state index contributed by atoms with van der Waals surface area (Å²) in [5, 5.41) is 0. The van der Waals surface area contributed by atoms with E-state index in [4.69, 9.17) is 4.99 Å². The van der Waals surface area contributed by atoms with Crippen LogP contribution in [-0.4, -0.2) is 23.5 Å². The molecule has 2 aliphatic heterocycles. The summed E-state index contributed by atoms with van der Waals surface area (Å²) < 4.78 is 0. The van der Waals surface area contributed by atoms with Crippen LogP contribution in [0.25, 0.3) is 0 Å². The van der Waals surface area contributed by atoms with Crippen LogP contribution in [0.4, 0.5) is 0 Å². The minimum Gasteiger partial charge on any atom is -0.302 e. The van der Waals surface area contributed by atoms with Crippen molar-refractivity contribution >= 4 is 11.5 Å². The third-order valence-corrected chi connectivity index (χ3v) is 7.69. The first kappa shape index (κ1) is 26.2. The average Bonchev–Trinajstić information content (AvgIpc) is 2.82. The second-order valence-electron chi connectivity index (χ2n) is 10.1. The molecular weight excluding hydrogens is 414 g/mol. The van der Waals surface area contributed by atoms with Crippen molar-refractivity contribution in [3.63, 3.8) is 0 Å². The molecule has 2 unspecified atom stereocenters. The van der Waals surface area contributed by atoms with Crippen LogP contribution in [-0.2, 0) is 0 Å². The van der Waals surface area contributed by atoms with Gasteiger partial charge in [0.05, 0.1) is 11.4 Å². The van der Waals surface area contributed by atoms with Crippen LogP contribution in [0, 0.1) is 11.8 Å². The molecule has 2 heterocycles. The van der Waals surface area contributed by atoms with Crippen LogP contribution < -0.4 is 0 Å². The molecule has 3 nitrogen and oxygen atoms in total. The Morgan fingerprint density at radius 1 is 1.18 bits per heavy atom. The third kappa shape index (κ3) is 6.17. The molecule has 1 fully saturated rings. The van der Waals surface area contributed by atoms with Crippen molar-refractivity contribution in [1.82, 2.24) is 4.90 Å². The lowest BCUT2D eigenvalue weighted by atomic mass is 9.85. The van der Waals surface area contributed by atoms with Crippen molar-refractivity contribution in [2.24, 2.45) is 21.8 Å². The Morgan fingerprint density at radius 3 is 2.53 bits per heavy atom. The second kappa shape index (κ2) is 12.3.